The van der Waals surface area contributed by atoms with Gasteiger partial charge < -0.3 is 9.84 Å². The van der Waals surface area contributed by atoms with E-state index in [9.17, 15) is 9.59 Å². The smallest absolute Gasteiger partial charge is 0.434 e. The number of methoxy groups -OCH3 is 1. The minimum Gasteiger partial charge on any atom is -0.481 e. The highest BCUT2D eigenvalue weighted by Crippen LogP contribution is 2.22. The Morgan fingerprint density at radius 2 is 2.00 bits per heavy atom. The standard InChI is InChI=1S/C15H15ClN2O4/c1-22-15(21)18-12(3-2-4-14(19)20)9-13(17-18)10-5-7-11(16)8-6-10/h5-9H,2-4H2,1H3,(H,19,20). The summed E-state index contributed by atoms with van der Waals surface area (Å²) in [4.78, 5) is 22.4. The van der Waals surface area contributed by atoms with Crippen LogP contribution in [0.3, 0.4) is 0 Å². The number of carboxylic acids is 1. The molecule has 0 spiro atoms. The van der Waals surface area contributed by atoms with Crippen molar-refractivity contribution >= 4 is 23.7 Å². The Morgan fingerprint density at radius 3 is 2.59 bits per heavy atom. The van der Waals surface area contributed by atoms with Crippen LogP contribution >= 0.6 is 11.6 Å². The molecular formula is C15H15ClN2O4. The van der Waals surface area contributed by atoms with Crippen LogP contribution in [0.2, 0.25) is 5.02 Å². The summed E-state index contributed by atoms with van der Waals surface area (Å²) in [6.07, 6.45) is 0.258. The number of aliphatic carboxylic acids is 1. The molecule has 0 bridgehead atoms. The highest BCUT2D eigenvalue weighted by Gasteiger charge is 2.15. The lowest BCUT2D eigenvalue weighted by molar-refractivity contribution is -0.137. The number of ether oxygens (including phenoxy) is 1. The molecule has 1 N–H and O–H groups in total. The van der Waals surface area contributed by atoms with Crippen molar-refractivity contribution in [2.45, 2.75) is 19.3 Å². The van der Waals surface area contributed by atoms with Gasteiger partial charge in [0.05, 0.1) is 18.5 Å². The average Bonchev–Trinajstić information content (AvgIpc) is 2.91. The molecule has 0 aliphatic carbocycles. The number of aromatic nitrogens is 2. The summed E-state index contributed by atoms with van der Waals surface area (Å²) in [5, 5.41) is 13.5. The second-order valence-corrected chi connectivity index (χ2v) is 5.09. The van der Waals surface area contributed by atoms with Crippen LogP contribution in [0.1, 0.15) is 18.5 Å². The molecule has 6 nitrogen and oxygen atoms in total. The number of hydrogen-bond acceptors (Lipinski definition) is 4. The van der Waals surface area contributed by atoms with Gasteiger partial charge in [0, 0.05) is 17.0 Å². The quantitative estimate of drug-likeness (QED) is 0.914. The van der Waals surface area contributed by atoms with E-state index in [2.05, 4.69) is 5.10 Å². The number of carboxylic acid groups (broad SMARTS) is 1. The average molecular weight is 323 g/mol. The topological polar surface area (TPSA) is 81.4 Å². The van der Waals surface area contributed by atoms with Crippen molar-refractivity contribution in [3.8, 4) is 11.3 Å². The van der Waals surface area contributed by atoms with Crippen LogP contribution in [0.25, 0.3) is 11.3 Å². The number of nitrogens with zero attached hydrogens (tertiary/aromatic N) is 2. The van der Waals surface area contributed by atoms with E-state index < -0.39 is 12.1 Å². The van der Waals surface area contributed by atoms with Crippen LogP contribution in [-0.2, 0) is 16.0 Å². The lowest BCUT2D eigenvalue weighted by atomic mass is 10.1. The van der Waals surface area contributed by atoms with Gasteiger partial charge in [0.2, 0.25) is 0 Å². The molecule has 2 rings (SSSR count). The van der Waals surface area contributed by atoms with Crippen LogP contribution in [0, 0.1) is 0 Å². The molecule has 1 aromatic heterocycles. The Kier molecular flexibility index (Phi) is 5.16. The van der Waals surface area contributed by atoms with Crippen LogP contribution in [0.15, 0.2) is 30.3 Å². The van der Waals surface area contributed by atoms with Gasteiger partial charge >= 0.3 is 12.1 Å². The Labute approximate surface area is 132 Å². The van der Waals surface area contributed by atoms with Gasteiger partial charge in [-0.05, 0) is 31.0 Å². The molecule has 0 fully saturated rings. The largest absolute Gasteiger partial charge is 0.481 e. The molecule has 0 amide bonds. The third kappa shape index (κ3) is 3.85. The fourth-order valence-electron chi connectivity index (χ4n) is 2.02. The van der Waals surface area contributed by atoms with E-state index in [1.54, 1.807) is 30.3 Å². The van der Waals surface area contributed by atoms with Gasteiger partial charge in [-0.3, -0.25) is 4.79 Å². The summed E-state index contributed by atoms with van der Waals surface area (Å²) in [5.74, 6) is -0.873. The van der Waals surface area contributed by atoms with Crippen molar-refractivity contribution in [2.75, 3.05) is 7.11 Å². The number of halogens is 1. The zero-order valence-electron chi connectivity index (χ0n) is 12.0. The van der Waals surface area contributed by atoms with Crippen molar-refractivity contribution in [2.24, 2.45) is 0 Å². The molecule has 1 heterocycles. The number of carbonyl (C=O) groups is 2. The van der Waals surface area contributed by atoms with Crippen molar-refractivity contribution in [1.82, 2.24) is 9.78 Å². The minimum atomic E-state index is -0.873. The Bertz CT molecular complexity index is 679. The number of hydrogen-bond donors (Lipinski definition) is 1. The minimum absolute atomic E-state index is 0.0304. The molecule has 0 saturated heterocycles. The molecule has 0 saturated carbocycles. The second kappa shape index (κ2) is 7.09. The van der Waals surface area contributed by atoms with Crippen molar-refractivity contribution < 1.29 is 19.4 Å². The second-order valence-electron chi connectivity index (χ2n) is 4.66. The first-order valence-electron chi connectivity index (χ1n) is 6.66. The SMILES string of the molecule is COC(=O)n1nc(-c2ccc(Cl)cc2)cc1CCCC(=O)O. The number of rotatable bonds is 5. The molecule has 116 valence electrons. The van der Waals surface area contributed by atoms with Gasteiger partial charge in [-0.15, -0.1) is 0 Å². The first kappa shape index (κ1) is 16.0. The summed E-state index contributed by atoms with van der Waals surface area (Å²) in [7, 11) is 1.27. The van der Waals surface area contributed by atoms with Gasteiger partial charge in [0.25, 0.3) is 0 Å². The maximum absolute atomic E-state index is 11.8. The predicted molar refractivity (Wildman–Crippen MR) is 81.0 cm³/mol. The molecule has 2 aromatic rings. The Morgan fingerprint density at radius 1 is 1.32 bits per heavy atom. The highest BCUT2D eigenvalue weighted by molar-refractivity contribution is 6.30. The van der Waals surface area contributed by atoms with E-state index in [1.165, 1.54) is 7.11 Å². The molecule has 0 aliphatic heterocycles. The zero-order valence-corrected chi connectivity index (χ0v) is 12.7. The van der Waals surface area contributed by atoms with Crippen LogP contribution in [0.5, 0.6) is 0 Å². The fraction of sp³-hybridized carbons (Fsp3) is 0.267. The third-order valence-corrected chi connectivity index (χ3v) is 3.35. The Hall–Kier alpha value is -2.34. The number of benzene rings is 1. The summed E-state index contributed by atoms with van der Waals surface area (Å²) >= 11 is 5.85. The molecule has 0 radical (unpaired) electrons. The number of aryl methyl sites for hydroxylation is 1. The third-order valence-electron chi connectivity index (χ3n) is 3.09. The maximum atomic E-state index is 11.8. The monoisotopic (exact) mass is 322 g/mol. The van der Waals surface area contributed by atoms with Crippen LogP contribution < -0.4 is 0 Å². The van der Waals surface area contributed by atoms with Crippen LogP contribution in [-0.4, -0.2) is 34.1 Å². The van der Waals surface area contributed by atoms with E-state index in [-0.39, 0.29) is 6.42 Å². The molecule has 1 aromatic carbocycles. The van der Waals surface area contributed by atoms with E-state index in [4.69, 9.17) is 21.4 Å². The number of carbonyl (C=O) groups excluding carboxylic acids is 1. The van der Waals surface area contributed by atoms with Gasteiger partial charge in [-0.25, -0.2) is 4.79 Å². The van der Waals surface area contributed by atoms with Gasteiger partial charge in [0.1, 0.15) is 0 Å². The van der Waals surface area contributed by atoms with E-state index in [1.807, 2.05) is 0 Å². The zero-order chi connectivity index (χ0) is 16.1. The molecule has 0 atom stereocenters. The summed E-state index contributed by atoms with van der Waals surface area (Å²) in [5.41, 5.74) is 2.02. The van der Waals surface area contributed by atoms with Crippen molar-refractivity contribution in [1.29, 1.82) is 0 Å². The summed E-state index contributed by atoms with van der Waals surface area (Å²) in [6.45, 7) is 0. The molecule has 7 heteroatoms. The van der Waals surface area contributed by atoms with Gasteiger partial charge in [-0.2, -0.15) is 9.78 Å². The van der Waals surface area contributed by atoms with E-state index in [0.717, 1.165) is 10.2 Å². The van der Waals surface area contributed by atoms with Crippen LogP contribution in [0.4, 0.5) is 4.79 Å². The first-order chi connectivity index (χ1) is 10.5. The normalized spacial score (nSPS) is 10.5. The van der Waals surface area contributed by atoms with Crippen molar-refractivity contribution in [3.63, 3.8) is 0 Å². The first-order valence-corrected chi connectivity index (χ1v) is 7.04. The van der Waals surface area contributed by atoms with Gasteiger partial charge in [-0.1, -0.05) is 23.7 Å². The predicted octanol–water partition coefficient (Wildman–Crippen LogP) is 3.23. The molecule has 0 aliphatic rings. The van der Waals surface area contributed by atoms with Crippen molar-refractivity contribution in [3.05, 3.63) is 41.0 Å². The Balaban J connectivity index is 2.28. The lowest BCUT2D eigenvalue weighted by Gasteiger charge is -2.03. The van der Waals surface area contributed by atoms with Gasteiger partial charge in [0.15, 0.2) is 0 Å². The van der Waals surface area contributed by atoms with E-state index in [0.29, 0.717) is 29.3 Å². The fourth-order valence-corrected chi connectivity index (χ4v) is 2.15. The molecule has 22 heavy (non-hydrogen) atoms. The highest BCUT2D eigenvalue weighted by atomic mass is 35.5. The summed E-state index contributed by atoms with van der Waals surface area (Å²) < 4.78 is 5.86. The summed E-state index contributed by atoms with van der Waals surface area (Å²) in [6, 6.07) is 8.82. The van der Waals surface area contributed by atoms with E-state index >= 15 is 0 Å². The lowest BCUT2D eigenvalue weighted by Crippen LogP contribution is -2.16. The molecular weight excluding hydrogens is 308 g/mol. The maximum Gasteiger partial charge on any atom is 0.434 e. The molecule has 0 unspecified atom stereocenters.